The van der Waals surface area contributed by atoms with Crippen LogP contribution >= 0.6 is 11.6 Å². The van der Waals surface area contributed by atoms with Gasteiger partial charge in [0.1, 0.15) is 0 Å². The fraction of sp³-hybridized carbons (Fsp3) is 0.357. The van der Waals surface area contributed by atoms with Gasteiger partial charge in [-0.3, -0.25) is 4.79 Å². The zero-order valence-electron chi connectivity index (χ0n) is 11.7. The van der Waals surface area contributed by atoms with Gasteiger partial charge in [-0.05, 0) is 37.1 Å². The second-order valence-corrected chi connectivity index (χ2v) is 4.81. The highest BCUT2D eigenvalue weighted by molar-refractivity contribution is 6.30. The molecule has 0 atom stereocenters. The van der Waals surface area contributed by atoms with Crippen LogP contribution in [0.2, 0.25) is 5.02 Å². The highest BCUT2D eigenvalue weighted by Crippen LogP contribution is 2.30. The number of nitrogens with two attached hydrogens (primary N) is 1. The molecule has 0 bridgehead atoms. The molecular formula is C14H16ClNO5. The van der Waals surface area contributed by atoms with Crippen LogP contribution in [0.3, 0.4) is 0 Å². The van der Waals surface area contributed by atoms with Gasteiger partial charge in [0.2, 0.25) is 0 Å². The highest BCUT2D eigenvalue weighted by Gasteiger charge is 2.47. The Balaban J connectivity index is 2.94. The molecule has 0 saturated heterocycles. The van der Waals surface area contributed by atoms with Crippen LogP contribution in [0.4, 0.5) is 0 Å². The van der Waals surface area contributed by atoms with Gasteiger partial charge in [-0.25, -0.2) is 9.59 Å². The molecule has 0 saturated carbocycles. The molecule has 21 heavy (non-hydrogen) atoms. The largest absolute Gasteiger partial charge is 0.389 e. The summed E-state index contributed by atoms with van der Waals surface area (Å²) in [5.41, 5.74) is -1.44. The summed E-state index contributed by atoms with van der Waals surface area (Å²) in [5.74, 6) is 2.07. The van der Waals surface area contributed by atoms with E-state index in [1.165, 1.54) is 24.3 Å². The second kappa shape index (κ2) is 7.19. The Morgan fingerprint density at radius 2 is 1.62 bits per heavy atom. The van der Waals surface area contributed by atoms with Gasteiger partial charge >= 0.3 is 17.9 Å². The normalized spacial score (nSPS) is 10.9. The van der Waals surface area contributed by atoms with E-state index in [-0.39, 0.29) is 18.4 Å². The fourth-order valence-corrected chi connectivity index (χ4v) is 1.98. The maximum Gasteiger partial charge on any atom is 0.345 e. The van der Waals surface area contributed by atoms with Crippen molar-refractivity contribution in [2.24, 2.45) is 11.3 Å². The van der Waals surface area contributed by atoms with Crippen molar-refractivity contribution in [2.45, 2.75) is 26.7 Å². The van der Waals surface area contributed by atoms with E-state index < -0.39 is 23.3 Å². The van der Waals surface area contributed by atoms with Crippen LogP contribution in [0, 0.1) is 5.41 Å². The molecule has 1 rings (SSSR count). The Bertz CT molecular complexity index is 537. The maximum absolute atomic E-state index is 12.2. The van der Waals surface area contributed by atoms with Gasteiger partial charge < -0.3 is 9.57 Å². The average molecular weight is 314 g/mol. The summed E-state index contributed by atoms with van der Waals surface area (Å²) in [7, 11) is 0. The number of esters is 2. The van der Waals surface area contributed by atoms with Crippen LogP contribution in [0.1, 0.15) is 37.0 Å². The van der Waals surface area contributed by atoms with E-state index in [1.807, 2.05) is 0 Å². The summed E-state index contributed by atoms with van der Waals surface area (Å²) in [6.45, 7) is 3.21. The van der Waals surface area contributed by atoms with E-state index in [4.69, 9.17) is 22.2 Å². The lowest BCUT2D eigenvalue weighted by Gasteiger charge is -2.24. The molecule has 6 nitrogen and oxygen atoms in total. The van der Waals surface area contributed by atoms with Gasteiger partial charge in [0.15, 0.2) is 5.41 Å². The number of rotatable bonds is 5. The summed E-state index contributed by atoms with van der Waals surface area (Å²) in [5, 5.41) is 0.445. The summed E-state index contributed by atoms with van der Waals surface area (Å²) < 4.78 is 4.77. The van der Waals surface area contributed by atoms with Crippen molar-refractivity contribution in [3.63, 3.8) is 0 Å². The molecule has 1 aromatic rings. The molecule has 0 aliphatic rings. The van der Waals surface area contributed by atoms with E-state index in [0.29, 0.717) is 5.02 Å². The molecule has 0 amide bonds. The molecule has 0 heterocycles. The van der Waals surface area contributed by atoms with Gasteiger partial charge in [0, 0.05) is 5.02 Å². The van der Waals surface area contributed by atoms with Crippen LogP contribution < -0.4 is 5.90 Å². The van der Waals surface area contributed by atoms with Crippen molar-refractivity contribution in [2.75, 3.05) is 0 Å². The first-order valence-corrected chi connectivity index (χ1v) is 6.72. The third-order valence-corrected chi connectivity index (χ3v) is 3.61. The number of carbonyl (C=O) groups excluding carboxylic acids is 3. The zero-order chi connectivity index (χ0) is 16.0. The van der Waals surface area contributed by atoms with Crippen molar-refractivity contribution < 1.29 is 24.0 Å². The third kappa shape index (κ3) is 3.59. The topological polar surface area (TPSA) is 95.7 Å². The SMILES string of the molecule is CCC(CC)(C(=O)ON)C(=O)OC(=O)c1ccc(Cl)cc1. The Kier molecular flexibility index (Phi) is 5.87. The lowest BCUT2D eigenvalue weighted by atomic mass is 9.82. The van der Waals surface area contributed by atoms with Crippen LogP contribution in [0.25, 0.3) is 0 Å². The predicted molar refractivity (Wildman–Crippen MR) is 75.2 cm³/mol. The van der Waals surface area contributed by atoms with Crippen LogP contribution in [-0.4, -0.2) is 17.9 Å². The van der Waals surface area contributed by atoms with Crippen molar-refractivity contribution >= 4 is 29.5 Å². The number of hydrogen-bond donors (Lipinski definition) is 1. The van der Waals surface area contributed by atoms with Gasteiger partial charge in [0.05, 0.1) is 5.56 Å². The molecular weight excluding hydrogens is 298 g/mol. The molecule has 7 heteroatoms. The van der Waals surface area contributed by atoms with Crippen molar-refractivity contribution in [3.05, 3.63) is 34.9 Å². The molecule has 2 N–H and O–H groups in total. The lowest BCUT2D eigenvalue weighted by molar-refractivity contribution is -0.170. The molecule has 0 aromatic heterocycles. The van der Waals surface area contributed by atoms with E-state index in [2.05, 4.69) is 4.84 Å². The van der Waals surface area contributed by atoms with Crippen molar-refractivity contribution in [3.8, 4) is 0 Å². The monoisotopic (exact) mass is 313 g/mol. The van der Waals surface area contributed by atoms with Gasteiger partial charge in [0.25, 0.3) is 0 Å². The number of benzene rings is 1. The molecule has 0 fully saturated rings. The highest BCUT2D eigenvalue weighted by atomic mass is 35.5. The van der Waals surface area contributed by atoms with E-state index >= 15 is 0 Å². The average Bonchev–Trinajstić information content (AvgIpc) is 2.49. The molecule has 0 spiro atoms. The summed E-state index contributed by atoms with van der Waals surface area (Å²) in [6.07, 6.45) is 0.207. The number of ether oxygens (including phenoxy) is 1. The molecule has 0 unspecified atom stereocenters. The zero-order valence-corrected chi connectivity index (χ0v) is 12.5. The predicted octanol–water partition coefficient (Wildman–Crippen LogP) is 2.25. The first kappa shape index (κ1) is 17.1. The summed E-state index contributed by atoms with van der Waals surface area (Å²) >= 11 is 5.71. The smallest absolute Gasteiger partial charge is 0.345 e. The Morgan fingerprint density at radius 1 is 1.10 bits per heavy atom. The number of halogens is 1. The van der Waals surface area contributed by atoms with Crippen LogP contribution in [0.5, 0.6) is 0 Å². The van der Waals surface area contributed by atoms with Gasteiger partial charge in [-0.15, -0.1) is 0 Å². The summed E-state index contributed by atoms with van der Waals surface area (Å²) in [4.78, 5) is 39.9. The van der Waals surface area contributed by atoms with E-state index in [9.17, 15) is 14.4 Å². The minimum atomic E-state index is -1.59. The fourth-order valence-electron chi connectivity index (χ4n) is 1.85. The van der Waals surface area contributed by atoms with Crippen LogP contribution in [-0.2, 0) is 19.2 Å². The molecule has 0 radical (unpaired) electrons. The standard InChI is InChI=1S/C14H16ClNO5/c1-3-14(4-2,13(19)21-16)12(18)20-11(17)9-5-7-10(15)8-6-9/h5-8H,3-4,16H2,1-2H3. The van der Waals surface area contributed by atoms with Gasteiger partial charge in [-0.2, -0.15) is 5.90 Å². The maximum atomic E-state index is 12.2. The first-order chi connectivity index (χ1) is 9.91. The quantitative estimate of drug-likeness (QED) is 0.509. The van der Waals surface area contributed by atoms with Crippen molar-refractivity contribution in [1.29, 1.82) is 0 Å². The minimum absolute atomic E-state index is 0.103. The van der Waals surface area contributed by atoms with E-state index in [0.717, 1.165) is 0 Å². The van der Waals surface area contributed by atoms with Gasteiger partial charge in [-0.1, -0.05) is 25.4 Å². The van der Waals surface area contributed by atoms with E-state index in [1.54, 1.807) is 13.8 Å². The molecule has 1 aromatic carbocycles. The molecule has 114 valence electrons. The Hall–Kier alpha value is -1.92. The first-order valence-electron chi connectivity index (χ1n) is 6.34. The minimum Gasteiger partial charge on any atom is -0.389 e. The Morgan fingerprint density at radius 3 is 2.05 bits per heavy atom. The summed E-state index contributed by atoms with van der Waals surface area (Å²) in [6, 6.07) is 5.81. The second-order valence-electron chi connectivity index (χ2n) is 4.38. The third-order valence-electron chi connectivity index (χ3n) is 3.36. The van der Waals surface area contributed by atoms with Crippen molar-refractivity contribution in [1.82, 2.24) is 0 Å². The number of carbonyl (C=O) groups is 3. The molecule has 0 aliphatic heterocycles. The molecule has 0 aliphatic carbocycles. The van der Waals surface area contributed by atoms with Crippen LogP contribution in [0.15, 0.2) is 24.3 Å². The number of hydrogen-bond acceptors (Lipinski definition) is 6. The lowest BCUT2D eigenvalue weighted by Crippen LogP contribution is -2.43. The Labute approximate surface area is 127 Å².